The van der Waals surface area contributed by atoms with E-state index in [1.54, 1.807) is 12.1 Å². The maximum Gasteiger partial charge on any atom is 0.339 e. The Balaban J connectivity index is 1.54. The van der Waals surface area contributed by atoms with Crippen LogP contribution in [0.2, 0.25) is 0 Å². The molecule has 3 aromatic rings. The lowest BCUT2D eigenvalue weighted by Crippen LogP contribution is -2.14. The van der Waals surface area contributed by atoms with E-state index in [2.05, 4.69) is 11.9 Å². The molecular formula is C23H15NO5. The van der Waals surface area contributed by atoms with Gasteiger partial charge in [0.15, 0.2) is 11.5 Å². The number of carboxylic acid groups (broad SMARTS) is 1. The second-order valence-electron chi connectivity index (χ2n) is 6.77. The van der Waals surface area contributed by atoms with Gasteiger partial charge in [0.2, 0.25) is 6.79 Å². The standard InChI is InChI=1S/C23H15NO5/c1-12-14-5-2-3-6-15(14)16-7-4-8-17(20(12)16)22(25)24-13-9-18(23(26)27)21-19(10-13)28-11-29-21/h2-10H,1,11H2,(H,24,25)(H,26,27). The Hall–Kier alpha value is -4.06. The smallest absolute Gasteiger partial charge is 0.339 e. The van der Waals surface area contributed by atoms with E-state index in [0.29, 0.717) is 11.3 Å². The SMILES string of the molecule is C=C1c2ccccc2-c2cccc(C(=O)Nc3cc4c(c(C(=O)O)c3)OCO4)c21. The molecule has 5 rings (SSSR count). The number of aromatic carboxylic acids is 1. The van der Waals surface area contributed by atoms with Crippen molar-refractivity contribution in [3.8, 4) is 22.6 Å². The summed E-state index contributed by atoms with van der Waals surface area (Å²) in [6, 6.07) is 16.3. The number of rotatable bonds is 3. The van der Waals surface area contributed by atoms with Crippen LogP contribution in [0.1, 0.15) is 31.8 Å². The first-order valence-electron chi connectivity index (χ1n) is 8.95. The second-order valence-corrected chi connectivity index (χ2v) is 6.77. The van der Waals surface area contributed by atoms with E-state index in [1.807, 2.05) is 36.4 Å². The molecule has 0 saturated heterocycles. The van der Waals surface area contributed by atoms with Crippen LogP contribution >= 0.6 is 0 Å². The minimum Gasteiger partial charge on any atom is -0.478 e. The summed E-state index contributed by atoms with van der Waals surface area (Å²) in [5, 5.41) is 12.2. The Morgan fingerprint density at radius 1 is 0.931 bits per heavy atom. The molecule has 6 nitrogen and oxygen atoms in total. The van der Waals surface area contributed by atoms with Crippen LogP contribution < -0.4 is 14.8 Å². The maximum atomic E-state index is 13.1. The Morgan fingerprint density at radius 3 is 2.48 bits per heavy atom. The highest BCUT2D eigenvalue weighted by Crippen LogP contribution is 2.45. The summed E-state index contributed by atoms with van der Waals surface area (Å²) in [5.74, 6) is -1.06. The minimum absolute atomic E-state index is 0.0582. The molecule has 0 fully saturated rings. The quantitative estimate of drug-likeness (QED) is 0.546. The first-order chi connectivity index (χ1) is 14.0. The molecule has 1 aliphatic carbocycles. The van der Waals surface area contributed by atoms with Gasteiger partial charge in [0.1, 0.15) is 5.56 Å². The predicted molar refractivity (Wildman–Crippen MR) is 107 cm³/mol. The highest BCUT2D eigenvalue weighted by molar-refractivity contribution is 6.13. The van der Waals surface area contributed by atoms with Crippen LogP contribution in [0.3, 0.4) is 0 Å². The highest BCUT2D eigenvalue weighted by atomic mass is 16.7. The van der Waals surface area contributed by atoms with Gasteiger partial charge in [-0.25, -0.2) is 4.79 Å². The topological polar surface area (TPSA) is 84.9 Å². The molecule has 0 saturated carbocycles. The zero-order valence-electron chi connectivity index (χ0n) is 15.2. The molecule has 0 unspecified atom stereocenters. The lowest BCUT2D eigenvalue weighted by Gasteiger charge is -2.12. The lowest BCUT2D eigenvalue weighted by molar-refractivity contribution is 0.0691. The molecule has 1 amide bonds. The predicted octanol–water partition coefficient (Wildman–Crippen LogP) is 4.41. The number of fused-ring (bicyclic) bond motifs is 4. The average Bonchev–Trinajstić information content (AvgIpc) is 3.30. The molecule has 2 aliphatic rings. The van der Waals surface area contributed by atoms with Crippen molar-refractivity contribution in [3.63, 3.8) is 0 Å². The molecule has 29 heavy (non-hydrogen) atoms. The molecule has 142 valence electrons. The van der Waals surface area contributed by atoms with Gasteiger partial charge in [-0.3, -0.25) is 4.79 Å². The van der Waals surface area contributed by atoms with E-state index < -0.39 is 5.97 Å². The van der Waals surface area contributed by atoms with Gasteiger partial charge in [0, 0.05) is 22.9 Å². The molecule has 0 atom stereocenters. The fourth-order valence-electron chi connectivity index (χ4n) is 3.85. The van der Waals surface area contributed by atoms with Crippen LogP contribution in [0.15, 0.2) is 61.2 Å². The van der Waals surface area contributed by atoms with Crippen LogP contribution in [-0.2, 0) is 0 Å². The van der Waals surface area contributed by atoms with Gasteiger partial charge >= 0.3 is 5.97 Å². The Labute approximate surface area is 166 Å². The number of hydrogen-bond donors (Lipinski definition) is 2. The summed E-state index contributed by atoms with van der Waals surface area (Å²) >= 11 is 0. The lowest BCUT2D eigenvalue weighted by atomic mass is 9.98. The number of ether oxygens (including phenoxy) is 2. The number of hydrogen-bond acceptors (Lipinski definition) is 4. The molecule has 1 heterocycles. The summed E-state index contributed by atoms with van der Waals surface area (Å²) < 4.78 is 10.5. The zero-order chi connectivity index (χ0) is 20.1. The van der Waals surface area contributed by atoms with Crippen molar-refractivity contribution in [2.24, 2.45) is 0 Å². The Kier molecular flexibility index (Phi) is 3.67. The molecule has 2 N–H and O–H groups in total. The maximum absolute atomic E-state index is 13.1. The summed E-state index contributed by atoms with van der Waals surface area (Å²) in [5.41, 5.74) is 5.29. The Morgan fingerprint density at radius 2 is 1.69 bits per heavy atom. The molecule has 6 heteroatoms. The molecule has 0 radical (unpaired) electrons. The third kappa shape index (κ3) is 2.57. The Bertz CT molecular complexity index is 1230. The normalized spacial score (nSPS) is 13.0. The number of nitrogens with one attached hydrogen (secondary N) is 1. The van der Waals surface area contributed by atoms with Crippen molar-refractivity contribution in [2.75, 3.05) is 12.1 Å². The van der Waals surface area contributed by atoms with Crippen molar-refractivity contribution in [1.82, 2.24) is 0 Å². The third-order valence-corrected chi connectivity index (χ3v) is 5.11. The van der Waals surface area contributed by atoms with Gasteiger partial charge in [-0.05, 0) is 34.4 Å². The summed E-state index contributed by atoms with van der Waals surface area (Å²) in [4.78, 5) is 24.6. The molecule has 3 aromatic carbocycles. The highest BCUT2D eigenvalue weighted by Gasteiger charge is 2.28. The van der Waals surface area contributed by atoms with Crippen LogP contribution in [0.4, 0.5) is 5.69 Å². The van der Waals surface area contributed by atoms with E-state index >= 15 is 0 Å². The van der Waals surface area contributed by atoms with E-state index in [1.165, 1.54) is 6.07 Å². The fraction of sp³-hybridized carbons (Fsp3) is 0.0435. The first-order valence-corrected chi connectivity index (χ1v) is 8.95. The molecule has 0 aromatic heterocycles. The van der Waals surface area contributed by atoms with Crippen molar-refractivity contribution < 1.29 is 24.2 Å². The third-order valence-electron chi connectivity index (χ3n) is 5.11. The van der Waals surface area contributed by atoms with Crippen molar-refractivity contribution >= 4 is 23.1 Å². The largest absolute Gasteiger partial charge is 0.478 e. The van der Waals surface area contributed by atoms with E-state index in [0.717, 1.165) is 27.8 Å². The zero-order valence-corrected chi connectivity index (χ0v) is 15.2. The minimum atomic E-state index is -1.16. The molecular weight excluding hydrogens is 370 g/mol. The number of anilines is 1. The first kappa shape index (κ1) is 17.1. The van der Waals surface area contributed by atoms with Gasteiger partial charge in [-0.1, -0.05) is 43.0 Å². The molecule has 0 bridgehead atoms. The molecule has 1 aliphatic heterocycles. The molecule has 0 spiro atoms. The van der Waals surface area contributed by atoms with E-state index in [9.17, 15) is 14.7 Å². The number of carbonyl (C=O) groups is 2. The van der Waals surface area contributed by atoms with Gasteiger partial charge in [0.05, 0.1) is 0 Å². The number of carboxylic acids is 1. The van der Waals surface area contributed by atoms with E-state index in [-0.39, 0.29) is 29.8 Å². The van der Waals surface area contributed by atoms with Crippen LogP contribution in [0.5, 0.6) is 11.5 Å². The second kappa shape index (κ2) is 6.24. The van der Waals surface area contributed by atoms with Gasteiger partial charge < -0.3 is 19.9 Å². The number of benzene rings is 3. The van der Waals surface area contributed by atoms with Crippen molar-refractivity contribution in [2.45, 2.75) is 0 Å². The van der Waals surface area contributed by atoms with Crippen LogP contribution in [-0.4, -0.2) is 23.8 Å². The average molecular weight is 385 g/mol. The number of amides is 1. The van der Waals surface area contributed by atoms with E-state index in [4.69, 9.17) is 9.47 Å². The summed E-state index contributed by atoms with van der Waals surface area (Å²) in [7, 11) is 0. The van der Waals surface area contributed by atoms with Gasteiger partial charge in [0.25, 0.3) is 5.91 Å². The van der Waals surface area contributed by atoms with Crippen molar-refractivity contribution in [3.05, 3.63) is 83.4 Å². The monoisotopic (exact) mass is 385 g/mol. The number of carbonyl (C=O) groups excluding carboxylic acids is 1. The fourth-order valence-corrected chi connectivity index (χ4v) is 3.85. The van der Waals surface area contributed by atoms with Crippen LogP contribution in [0, 0.1) is 0 Å². The summed E-state index contributed by atoms with van der Waals surface area (Å²) in [6.07, 6.45) is 0. The summed E-state index contributed by atoms with van der Waals surface area (Å²) in [6.45, 7) is 4.12. The van der Waals surface area contributed by atoms with Crippen LogP contribution in [0.25, 0.3) is 16.7 Å². The van der Waals surface area contributed by atoms with Gasteiger partial charge in [-0.2, -0.15) is 0 Å². The van der Waals surface area contributed by atoms with Gasteiger partial charge in [-0.15, -0.1) is 0 Å². The van der Waals surface area contributed by atoms with Crippen molar-refractivity contribution in [1.29, 1.82) is 0 Å².